The van der Waals surface area contributed by atoms with Gasteiger partial charge in [0.2, 0.25) is 11.8 Å². The molecule has 37 heavy (non-hydrogen) atoms. The second-order valence-corrected chi connectivity index (χ2v) is 9.62. The van der Waals surface area contributed by atoms with E-state index in [1.54, 1.807) is 23.1 Å². The third kappa shape index (κ3) is 6.82. The second kappa shape index (κ2) is 12.3. The molecular formula is C32H33FN2O2. The SMILES string of the molecule is CC(C)NC(=O)[C@@H](Cc1ccccc1)N(Cc1ccccc1F)C(=O)CCc1cccc2ccccc12. The molecule has 1 N–H and O–H groups in total. The summed E-state index contributed by atoms with van der Waals surface area (Å²) < 4.78 is 14.7. The number of fused-ring (bicyclic) bond motifs is 1. The molecule has 2 amide bonds. The predicted octanol–water partition coefficient (Wildman–Crippen LogP) is 6.08. The molecule has 0 aliphatic carbocycles. The maximum Gasteiger partial charge on any atom is 0.243 e. The molecule has 1 atom stereocenters. The summed E-state index contributed by atoms with van der Waals surface area (Å²) in [5.41, 5.74) is 2.40. The lowest BCUT2D eigenvalue weighted by Gasteiger charge is -2.32. The van der Waals surface area contributed by atoms with Crippen molar-refractivity contribution < 1.29 is 14.0 Å². The van der Waals surface area contributed by atoms with Crippen molar-refractivity contribution in [3.05, 3.63) is 120 Å². The molecular weight excluding hydrogens is 463 g/mol. The van der Waals surface area contributed by atoms with E-state index in [1.165, 1.54) is 6.07 Å². The molecule has 0 saturated carbocycles. The van der Waals surface area contributed by atoms with Gasteiger partial charge in [-0.3, -0.25) is 9.59 Å². The number of nitrogens with one attached hydrogen (secondary N) is 1. The number of rotatable bonds is 10. The third-order valence-corrected chi connectivity index (χ3v) is 6.49. The van der Waals surface area contributed by atoms with E-state index in [1.807, 2.05) is 68.4 Å². The number of hydrogen-bond acceptors (Lipinski definition) is 2. The van der Waals surface area contributed by atoms with Gasteiger partial charge in [-0.25, -0.2) is 4.39 Å². The van der Waals surface area contributed by atoms with Crippen molar-refractivity contribution in [2.24, 2.45) is 0 Å². The van der Waals surface area contributed by atoms with E-state index in [9.17, 15) is 14.0 Å². The molecule has 5 heteroatoms. The Morgan fingerprint density at radius 3 is 2.22 bits per heavy atom. The summed E-state index contributed by atoms with van der Waals surface area (Å²) in [7, 11) is 0. The largest absolute Gasteiger partial charge is 0.352 e. The summed E-state index contributed by atoms with van der Waals surface area (Å²) >= 11 is 0. The molecule has 190 valence electrons. The number of aryl methyl sites for hydroxylation is 1. The Morgan fingerprint density at radius 2 is 1.46 bits per heavy atom. The van der Waals surface area contributed by atoms with Crippen LogP contribution in [-0.2, 0) is 29.0 Å². The number of halogens is 1. The van der Waals surface area contributed by atoms with Gasteiger partial charge >= 0.3 is 0 Å². The lowest BCUT2D eigenvalue weighted by Crippen LogP contribution is -2.52. The second-order valence-electron chi connectivity index (χ2n) is 9.62. The first kappa shape index (κ1) is 26.1. The van der Waals surface area contributed by atoms with Crippen molar-refractivity contribution >= 4 is 22.6 Å². The van der Waals surface area contributed by atoms with Crippen LogP contribution < -0.4 is 5.32 Å². The molecule has 4 aromatic rings. The number of carbonyl (C=O) groups is 2. The van der Waals surface area contributed by atoms with E-state index in [0.29, 0.717) is 18.4 Å². The van der Waals surface area contributed by atoms with Gasteiger partial charge in [0.1, 0.15) is 11.9 Å². The van der Waals surface area contributed by atoms with E-state index < -0.39 is 11.9 Å². The number of hydrogen-bond donors (Lipinski definition) is 1. The van der Waals surface area contributed by atoms with Crippen LogP contribution in [-0.4, -0.2) is 28.8 Å². The highest BCUT2D eigenvalue weighted by Crippen LogP contribution is 2.22. The van der Waals surface area contributed by atoms with Gasteiger partial charge in [-0.1, -0.05) is 91.0 Å². The highest BCUT2D eigenvalue weighted by Gasteiger charge is 2.31. The lowest BCUT2D eigenvalue weighted by molar-refractivity contribution is -0.141. The van der Waals surface area contributed by atoms with Crippen LogP contribution in [0.4, 0.5) is 4.39 Å². The average molecular weight is 497 g/mol. The van der Waals surface area contributed by atoms with Gasteiger partial charge in [0.15, 0.2) is 0 Å². The average Bonchev–Trinajstić information content (AvgIpc) is 2.90. The maximum absolute atomic E-state index is 14.7. The topological polar surface area (TPSA) is 49.4 Å². The molecule has 0 spiro atoms. The summed E-state index contributed by atoms with van der Waals surface area (Å²) in [5.74, 6) is -0.818. The summed E-state index contributed by atoms with van der Waals surface area (Å²) in [5, 5.41) is 5.20. The Kier molecular flexibility index (Phi) is 8.68. The smallest absolute Gasteiger partial charge is 0.243 e. The van der Waals surface area contributed by atoms with E-state index in [0.717, 1.165) is 21.9 Å². The zero-order valence-electron chi connectivity index (χ0n) is 21.4. The summed E-state index contributed by atoms with van der Waals surface area (Å²) in [4.78, 5) is 28.8. The molecule has 0 unspecified atom stereocenters. The zero-order valence-corrected chi connectivity index (χ0v) is 21.4. The van der Waals surface area contributed by atoms with Gasteiger partial charge in [-0.05, 0) is 48.2 Å². The third-order valence-electron chi connectivity index (χ3n) is 6.49. The maximum atomic E-state index is 14.7. The highest BCUT2D eigenvalue weighted by molar-refractivity contribution is 5.89. The Hall–Kier alpha value is -3.99. The first-order chi connectivity index (χ1) is 17.9. The summed E-state index contributed by atoms with van der Waals surface area (Å²) in [6.07, 6.45) is 1.08. The molecule has 0 aliphatic heterocycles. The van der Waals surface area contributed by atoms with Crippen LogP contribution in [0.25, 0.3) is 10.8 Å². The molecule has 0 bridgehead atoms. The van der Waals surface area contributed by atoms with Gasteiger partial charge in [0.05, 0.1) is 0 Å². The molecule has 0 heterocycles. The Balaban J connectivity index is 1.65. The number of carbonyl (C=O) groups excluding carboxylic acids is 2. The monoisotopic (exact) mass is 496 g/mol. The first-order valence-electron chi connectivity index (χ1n) is 12.8. The van der Waals surface area contributed by atoms with Gasteiger partial charge in [-0.2, -0.15) is 0 Å². The molecule has 0 radical (unpaired) electrons. The quantitative estimate of drug-likeness (QED) is 0.289. The van der Waals surface area contributed by atoms with Gasteiger partial charge in [0, 0.05) is 31.0 Å². The first-order valence-corrected chi connectivity index (χ1v) is 12.8. The Bertz CT molecular complexity index is 1350. The molecule has 0 saturated heterocycles. The van der Waals surface area contributed by atoms with Crippen molar-refractivity contribution in [1.82, 2.24) is 10.2 Å². The van der Waals surface area contributed by atoms with Crippen molar-refractivity contribution in [1.29, 1.82) is 0 Å². The highest BCUT2D eigenvalue weighted by atomic mass is 19.1. The molecule has 4 nitrogen and oxygen atoms in total. The van der Waals surface area contributed by atoms with Crippen LogP contribution in [0.15, 0.2) is 97.1 Å². The van der Waals surface area contributed by atoms with E-state index >= 15 is 0 Å². The fourth-order valence-corrected chi connectivity index (χ4v) is 4.64. The number of nitrogens with zero attached hydrogens (tertiary/aromatic N) is 1. The molecule has 0 aliphatic rings. The normalized spacial score (nSPS) is 11.9. The molecule has 0 aromatic heterocycles. The lowest BCUT2D eigenvalue weighted by atomic mass is 9.99. The Morgan fingerprint density at radius 1 is 0.811 bits per heavy atom. The summed E-state index contributed by atoms with van der Waals surface area (Å²) in [6.45, 7) is 3.80. The zero-order chi connectivity index (χ0) is 26.2. The van der Waals surface area contributed by atoms with E-state index in [4.69, 9.17) is 0 Å². The number of amides is 2. The van der Waals surface area contributed by atoms with Crippen LogP contribution in [0.2, 0.25) is 0 Å². The van der Waals surface area contributed by atoms with Crippen molar-refractivity contribution in [3.8, 4) is 0 Å². The minimum Gasteiger partial charge on any atom is -0.352 e. The van der Waals surface area contributed by atoms with Crippen LogP contribution in [0.1, 0.15) is 37.0 Å². The Labute approximate surface area is 218 Å². The van der Waals surface area contributed by atoms with Gasteiger partial charge in [-0.15, -0.1) is 0 Å². The van der Waals surface area contributed by atoms with Crippen molar-refractivity contribution in [2.45, 2.75) is 51.7 Å². The molecule has 4 aromatic carbocycles. The molecule has 4 rings (SSSR count). The standard InChI is InChI=1S/C32H33FN2O2/c1-23(2)34-32(37)30(21-24-11-4-3-5-12-24)35(22-27-14-7-9-18-29(27)33)31(36)20-19-26-16-10-15-25-13-6-8-17-28(25)26/h3-18,23,30H,19-22H2,1-2H3,(H,34,37)/t30-/m1/s1. The molecule has 0 fully saturated rings. The van der Waals surface area contributed by atoms with Crippen LogP contribution in [0, 0.1) is 5.82 Å². The van der Waals surface area contributed by atoms with Crippen LogP contribution in [0.3, 0.4) is 0 Å². The van der Waals surface area contributed by atoms with Crippen LogP contribution >= 0.6 is 0 Å². The minimum absolute atomic E-state index is 0.0179. The van der Waals surface area contributed by atoms with Crippen LogP contribution in [0.5, 0.6) is 0 Å². The fraction of sp³-hybridized carbons (Fsp3) is 0.250. The van der Waals surface area contributed by atoms with E-state index in [-0.39, 0.29) is 30.8 Å². The fourth-order valence-electron chi connectivity index (χ4n) is 4.64. The van der Waals surface area contributed by atoms with Crippen molar-refractivity contribution in [3.63, 3.8) is 0 Å². The van der Waals surface area contributed by atoms with Gasteiger partial charge < -0.3 is 10.2 Å². The minimum atomic E-state index is -0.774. The predicted molar refractivity (Wildman–Crippen MR) is 146 cm³/mol. The van der Waals surface area contributed by atoms with E-state index in [2.05, 4.69) is 23.5 Å². The number of benzene rings is 4. The van der Waals surface area contributed by atoms with Gasteiger partial charge in [0.25, 0.3) is 0 Å². The van der Waals surface area contributed by atoms with Crippen molar-refractivity contribution in [2.75, 3.05) is 0 Å². The summed E-state index contributed by atoms with van der Waals surface area (Å²) in [6, 6.07) is 29.4.